The SMILES string of the molecule is CN(Cc1ccoc1)C(CN)c1ccc(F)cc1Cl. The predicted octanol–water partition coefficient (Wildman–Crippen LogP) is 3.20. The van der Waals surface area contributed by atoms with Gasteiger partial charge in [-0.3, -0.25) is 4.90 Å². The van der Waals surface area contributed by atoms with E-state index in [4.69, 9.17) is 21.8 Å². The minimum atomic E-state index is -0.345. The number of furan rings is 1. The fraction of sp³-hybridized carbons (Fsp3) is 0.286. The molecule has 5 heteroatoms. The second-order valence-electron chi connectivity index (χ2n) is 4.46. The van der Waals surface area contributed by atoms with Gasteiger partial charge in [-0.2, -0.15) is 0 Å². The van der Waals surface area contributed by atoms with E-state index in [0.29, 0.717) is 18.1 Å². The Kier molecular flexibility index (Phi) is 4.58. The van der Waals surface area contributed by atoms with Crippen LogP contribution in [0, 0.1) is 5.82 Å². The van der Waals surface area contributed by atoms with Gasteiger partial charge in [0.25, 0.3) is 0 Å². The van der Waals surface area contributed by atoms with Crippen LogP contribution in [0.25, 0.3) is 0 Å². The summed E-state index contributed by atoms with van der Waals surface area (Å²) in [6, 6.07) is 6.22. The summed E-state index contributed by atoms with van der Waals surface area (Å²) in [5.74, 6) is -0.345. The zero-order valence-corrected chi connectivity index (χ0v) is 11.4. The summed E-state index contributed by atoms with van der Waals surface area (Å²) in [7, 11) is 1.95. The summed E-state index contributed by atoms with van der Waals surface area (Å²) in [5, 5.41) is 0.398. The molecule has 19 heavy (non-hydrogen) atoms. The Balaban J connectivity index is 2.18. The molecule has 2 rings (SSSR count). The third-order valence-electron chi connectivity index (χ3n) is 3.09. The van der Waals surface area contributed by atoms with Gasteiger partial charge in [-0.15, -0.1) is 0 Å². The highest BCUT2D eigenvalue weighted by atomic mass is 35.5. The standard InChI is InChI=1S/C14H16ClFN2O/c1-18(8-10-4-5-19-9-10)14(7-17)12-3-2-11(16)6-13(12)15/h2-6,9,14H,7-8,17H2,1H3. The first-order chi connectivity index (χ1) is 9.11. The molecule has 102 valence electrons. The largest absolute Gasteiger partial charge is 0.472 e. The molecule has 1 heterocycles. The van der Waals surface area contributed by atoms with Crippen LogP contribution in [0.15, 0.2) is 41.2 Å². The molecule has 3 nitrogen and oxygen atoms in total. The lowest BCUT2D eigenvalue weighted by molar-refractivity contribution is 0.241. The van der Waals surface area contributed by atoms with Crippen molar-refractivity contribution in [2.75, 3.05) is 13.6 Å². The van der Waals surface area contributed by atoms with Crippen molar-refractivity contribution in [3.63, 3.8) is 0 Å². The number of hydrogen-bond donors (Lipinski definition) is 1. The van der Waals surface area contributed by atoms with Crippen molar-refractivity contribution in [1.29, 1.82) is 0 Å². The van der Waals surface area contributed by atoms with E-state index in [1.807, 2.05) is 13.1 Å². The van der Waals surface area contributed by atoms with Gasteiger partial charge < -0.3 is 10.2 Å². The van der Waals surface area contributed by atoms with Crippen LogP contribution in [-0.2, 0) is 6.54 Å². The van der Waals surface area contributed by atoms with Crippen molar-refractivity contribution in [3.05, 3.63) is 58.8 Å². The maximum absolute atomic E-state index is 13.1. The van der Waals surface area contributed by atoms with E-state index in [1.54, 1.807) is 18.6 Å². The van der Waals surface area contributed by atoms with Crippen LogP contribution in [0.2, 0.25) is 5.02 Å². The Morgan fingerprint density at radius 1 is 1.42 bits per heavy atom. The molecule has 1 aromatic carbocycles. The van der Waals surface area contributed by atoms with Crippen molar-refractivity contribution in [1.82, 2.24) is 4.90 Å². The number of nitrogens with zero attached hydrogens (tertiary/aromatic N) is 1. The van der Waals surface area contributed by atoms with E-state index >= 15 is 0 Å². The molecule has 0 bridgehead atoms. The van der Waals surface area contributed by atoms with Gasteiger partial charge in [-0.1, -0.05) is 17.7 Å². The zero-order chi connectivity index (χ0) is 13.8. The van der Waals surface area contributed by atoms with Crippen LogP contribution < -0.4 is 5.73 Å². The molecule has 0 aliphatic rings. The van der Waals surface area contributed by atoms with Gasteiger partial charge in [0.05, 0.1) is 12.5 Å². The highest BCUT2D eigenvalue weighted by Gasteiger charge is 2.19. The first-order valence-corrected chi connectivity index (χ1v) is 6.36. The van der Waals surface area contributed by atoms with Crippen molar-refractivity contribution in [2.24, 2.45) is 5.73 Å². The molecule has 0 aliphatic carbocycles. The van der Waals surface area contributed by atoms with E-state index in [9.17, 15) is 4.39 Å². The molecular formula is C14H16ClFN2O. The number of nitrogens with two attached hydrogens (primary N) is 1. The molecule has 0 radical (unpaired) electrons. The van der Waals surface area contributed by atoms with Crippen molar-refractivity contribution < 1.29 is 8.81 Å². The van der Waals surface area contributed by atoms with Crippen LogP contribution >= 0.6 is 11.6 Å². The van der Waals surface area contributed by atoms with Crippen molar-refractivity contribution in [2.45, 2.75) is 12.6 Å². The van der Waals surface area contributed by atoms with E-state index in [-0.39, 0.29) is 11.9 Å². The summed E-state index contributed by atoms with van der Waals surface area (Å²) in [6.07, 6.45) is 3.32. The maximum atomic E-state index is 13.1. The number of halogens is 2. The molecular weight excluding hydrogens is 267 g/mol. The third kappa shape index (κ3) is 3.35. The molecule has 1 aromatic heterocycles. The number of likely N-dealkylation sites (N-methyl/N-ethyl adjacent to an activating group) is 1. The van der Waals surface area contributed by atoms with E-state index in [0.717, 1.165) is 11.1 Å². The van der Waals surface area contributed by atoms with Gasteiger partial charge in [0.2, 0.25) is 0 Å². The lowest BCUT2D eigenvalue weighted by Crippen LogP contribution is -2.30. The predicted molar refractivity (Wildman–Crippen MR) is 73.4 cm³/mol. The van der Waals surface area contributed by atoms with Gasteiger partial charge in [-0.25, -0.2) is 4.39 Å². The highest BCUT2D eigenvalue weighted by Crippen LogP contribution is 2.27. The summed E-state index contributed by atoms with van der Waals surface area (Å²) in [6.45, 7) is 1.09. The summed E-state index contributed by atoms with van der Waals surface area (Å²) in [5.41, 5.74) is 7.71. The van der Waals surface area contributed by atoms with E-state index < -0.39 is 0 Å². The van der Waals surface area contributed by atoms with Crippen LogP contribution in [-0.4, -0.2) is 18.5 Å². The maximum Gasteiger partial charge on any atom is 0.124 e. The minimum Gasteiger partial charge on any atom is -0.472 e. The Labute approximate surface area is 116 Å². The quantitative estimate of drug-likeness (QED) is 0.916. The zero-order valence-electron chi connectivity index (χ0n) is 10.6. The first kappa shape index (κ1) is 14.1. The minimum absolute atomic E-state index is 0.0667. The average molecular weight is 283 g/mol. The summed E-state index contributed by atoms with van der Waals surface area (Å²) in [4.78, 5) is 2.06. The smallest absolute Gasteiger partial charge is 0.124 e. The van der Waals surface area contributed by atoms with Gasteiger partial charge in [-0.05, 0) is 30.8 Å². The summed E-state index contributed by atoms with van der Waals surface area (Å²) >= 11 is 6.09. The molecule has 1 atom stereocenters. The van der Waals surface area contributed by atoms with Gasteiger partial charge in [0, 0.05) is 29.7 Å². The van der Waals surface area contributed by atoms with Gasteiger partial charge in [0.1, 0.15) is 5.82 Å². The lowest BCUT2D eigenvalue weighted by atomic mass is 10.1. The molecule has 0 aliphatic heterocycles. The van der Waals surface area contributed by atoms with Gasteiger partial charge in [0.15, 0.2) is 0 Å². The van der Waals surface area contributed by atoms with Crippen LogP contribution in [0.4, 0.5) is 4.39 Å². The fourth-order valence-corrected chi connectivity index (χ4v) is 2.39. The molecule has 0 fully saturated rings. The molecule has 2 N–H and O–H groups in total. The van der Waals surface area contributed by atoms with Crippen LogP contribution in [0.1, 0.15) is 17.2 Å². The number of hydrogen-bond acceptors (Lipinski definition) is 3. The Morgan fingerprint density at radius 2 is 2.21 bits per heavy atom. The van der Waals surface area contributed by atoms with Gasteiger partial charge >= 0.3 is 0 Å². The average Bonchev–Trinajstić information content (AvgIpc) is 2.85. The molecule has 1 unspecified atom stereocenters. The second kappa shape index (κ2) is 6.19. The van der Waals surface area contributed by atoms with Crippen LogP contribution in [0.3, 0.4) is 0 Å². The molecule has 0 amide bonds. The topological polar surface area (TPSA) is 42.4 Å². The molecule has 0 saturated heterocycles. The van der Waals surface area contributed by atoms with Crippen LogP contribution in [0.5, 0.6) is 0 Å². The summed E-state index contributed by atoms with van der Waals surface area (Å²) < 4.78 is 18.1. The molecule has 2 aromatic rings. The molecule has 0 spiro atoms. The Hall–Kier alpha value is -1.36. The Bertz CT molecular complexity index is 530. The van der Waals surface area contributed by atoms with E-state index in [1.165, 1.54) is 12.1 Å². The van der Waals surface area contributed by atoms with Crippen molar-refractivity contribution >= 4 is 11.6 Å². The monoisotopic (exact) mass is 282 g/mol. The fourth-order valence-electron chi connectivity index (χ4n) is 2.10. The second-order valence-corrected chi connectivity index (χ2v) is 4.87. The van der Waals surface area contributed by atoms with Crippen molar-refractivity contribution in [3.8, 4) is 0 Å². The number of benzene rings is 1. The molecule has 0 saturated carbocycles. The first-order valence-electron chi connectivity index (χ1n) is 5.98. The number of rotatable bonds is 5. The van der Waals surface area contributed by atoms with E-state index in [2.05, 4.69) is 4.90 Å². The normalized spacial score (nSPS) is 12.9. The highest BCUT2D eigenvalue weighted by molar-refractivity contribution is 6.31. The third-order valence-corrected chi connectivity index (χ3v) is 3.42. The Morgan fingerprint density at radius 3 is 2.79 bits per heavy atom. The lowest BCUT2D eigenvalue weighted by Gasteiger charge is -2.27.